The summed E-state index contributed by atoms with van der Waals surface area (Å²) in [7, 11) is 1.88. The van der Waals surface area contributed by atoms with Gasteiger partial charge in [0.1, 0.15) is 5.69 Å². The minimum absolute atomic E-state index is 0.479. The molecular formula is C11H17N3O. The minimum atomic E-state index is 0.479. The fourth-order valence-corrected chi connectivity index (χ4v) is 2.49. The largest absolute Gasteiger partial charge is 0.296 e. The molecule has 0 unspecified atom stereocenters. The van der Waals surface area contributed by atoms with Gasteiger partial charge in [-0.05, 0) is 12.8 Å². The molecule has 0 saturated heterocycles. The Morgan fingerprint density at radius 3 is 2.53 bits per heavy atom. The average Bonchev–Trinajstić information content (AvgIpc) is 2.48. The van der Waals surface area contributed by atoms with Crippen molar-refractivity contribution in [2.24, 2.45) is 7.05 Å². The first-order valence-electron chi connectivity index (χ1n) is 5.67. The average molecular weight is 207 g/mol. The van der Waals surface area contributed by atoms with E-state index in [1.807, 2.05) is 7.05 Å². The van der Waals surface area contributed by atoms with Crippen molar-refractivity contribution in [3.8, 4) is 0 Å². The first-order chi connectivity index (χ1) is 7.33. The van der Waals surface area contributed by atoms with Crippen LogP contribution in [-0.2, 0) is 7.05 Å². The van der Waals surface area contributed by atoms with Crippen LogP contribution in [-0.4, -0.2) is 21.3 Å². The number of hydrogen-bond acceptors (Lipinski definition) is 3. The summed E-state index contributed by atoms with van der Waals surface area (Å²) in [6.45, 7) is 0. The summed E-state index contributed by atoms with van der Waals surface area (Å²) >= 11 is 0. The van der Waals surface area contributed by atoms with E-state index in [2.05, 4.69) is 10.3 Å². The zero-order valence-corrected chi connectivity index (χ0v) is 9.15. The monoisotopic (exact) mass is 207 g/mol. The van der Waals surface area contributed by atoms with Crippen LogP contribution in [0.25, 0.3) is 0 Å². The van der Waals surface area contributed by atoms with Crippen LogP contribution < -0.4 is 0 Å². The summed E-state index contributed by atoms with van der Waals surface area (Å²) in [4.78, 5) is 10.9. The summed E-state index contributed by atoms with van der Waals surface area (Å²) in [6, 6.07) is 0. The summed E-state index contributed by atoms with van der Waals surface area (Å²) in [5.74, 6) is 0.479. The highest BCUT2D eigenvalue weighted by Gasteiger charge is 2.21. The number of rotatable bonds is 2. The van der Waals surface area contributed by atoms with Crippen molar-refractivity contribution in [3.05, 3.63) is 11.4 Å². The number of aldehydes is 1. The Kier molecular flexibility index (Phi) is 3.14. The second-order valence-corrected chi connectivity index (χ2v) is 4.29. The molecule has 0 aromatic carbocycles. The molecule has 1 aromatic rings. The van der Waals surface area contributed by atoms with Crippen LogP contribution in [0.3, 0.4) is 0 Å². The molecule has 0 radical (unpaired) electrons. The number of aryl methyl sites for hydroxylation is 1. The number of carbonyl (C=O) groups is 1. The van der Waals surface area contributed by atoms with E-state index in [0.29, 0.717) is 11.6 Å². The van der Waals surface area contributed by atoms with E-state index in [1.165, 1.54) is 38.5 Å². The maximum Gasteiger partial charge on any atom is 0.172 e. The van der Waals surface area contributed by atoms with Crippen molar-refractivity contribution >= 4 is 6.29 Å². The third-order valence-corrected chi connectivity index (χ3v) is 3.25. The maximum absolute atomic E-state index is 10.9. The van der Waals surface area contributed by atoms with E-state index in [9.17, 15) is 4.79 Å². The zero-order valence-electron chi connectivity index (χ0n) is 9.15. The first kappa shape index (κ1) is 10.3. The van der Waals surface area contributed by atoms with Crippen LogP contribution in [0.5, 0.6) is 0 Å². The Morgan fingerprint density at radius 1 is 1.27 bits per heavy atom. The molecule has 1 fully saturated rings. The molecule has 0 atom stereocenters. The molecule has 4 nitrogen and oxygen atoms in total. The lowest BCUT2D eigenvalue weighted by Gasteiger charge is -2.13. The van der Waals surface area contributed by atoms with Crippen molar-refractivity contribution in [2.75, 3.05) is 0 Å². The van der Waals surface area contributed by atoms with Gasteiger partial charge in [-0.3, -0.25) is 9.48 Å². The molecule has 0 amide bonds. The van der Waals surface area contributed by atoms with Gasteiger partial charge >= 0.3 is 0 Å². The molecule has 1 heterocycles. The van der Waals surface area contributed by atoms with Gasteiger partial charge in [-0.15, -0.1) is 5.10 Å². The van der Waals surface area contributed by atoms with Gasteiger partial charge in [-0.25, -0.2) is 0 Å². The molecule has 1 aliphatic rings. The summed E-state index contributed by atoms with van der Waals surface area (Å²) in [5.41, 5.74) is 1.57. The van der Waals surface area contributed by atoms with Crippen molar-refractivity contribution in [2.45, 2.75) is 44.4 Å². The number of aromatic nitrogens is 3. The predicted molar refractivity (Wildman–Crippen MR) is 56.8 cm³/mol. The van der Waals surface area contributed by atoms with Crippen LogP contribution in [0.4, 0.5) is 0 Å². The van der Waals surface area contributed by atoms with Gasteiger partial charge in [0.15, 0.2) is 6.29 Å². The Labute approximate surface area is 89.7 Å². The molecule has 0 bridgehead atoms. The molecular weight excluding hydrogens is 190 g/mol. The van der Waals surface area contributed by atoms with E-state index in [0.717, 1.165) is 12.0 Å². The highest BCUT2D eigenvalue weighted by atomic mass is 16.1. The highest BCUT2D eigenvalue weighted by Crippen LogP contribution is 2.31. The molecule has 0 aliphatic heterocycles. The standard InChI is InChI=1S/C11H17N3O/c1-14-11(10(8-15)12-13-14)9-6-4-2-3-5-7-9/h8-9H,2-7H2,1H3. The van der Waals surface area contributed by atoms with Crippen molar-refractivity contribution < 1.29 is 4.79 Å². The minimum Gasteiger partial charge on any atom is -0.296 e. The molecule has 82 valence electrons. The SMILES string of the molecule is Cn1nnc(C=O)c1C1CCCCCC1. The summed E-state index contributed by atoms with van der Waals surface area (Å²) in [5, 5.41) is 7.81. The Bertz CT molecular complexity index is 338. The van der Waals surface area contributed by atoms with E-state index in [-0.39, 0.29) is 0 Å². The summed E-state index contributed by atoms with van der Waals surface area (Å²) in [6.07, 6.45) is 8.32. The topological polar surface area (TPSA) is 47.8 Å². The van der Waals surface area contributed by atoms with E-state index >= 15 is 0 Å². The third-order valence-electron chi connectivity index (χ3n) is 3.25. The van der Waals surface area contributed by atoms with Gasteiger partial charge in [0.2, 0.25) is 0 Å². The number of carbonyl (C=O) groups excluding carboxylic acids is 1. The second kappa shape index (κ2) is 4.55. The van der Waals surface area contributed by atoms with Gasteiger partial charge in [-0.2, -0.15) is 0 Å². The second-order valence-electron chi connectivity index (χ2n) is 4.29. The van der Waals surface area contributed by atoms with E-state index < -0.39 is 0 Å². The lowest BCUT2D eigenvalue weighted by molar-refractivity contribution is 0.111. The number of hydrogen-bond donors (Lipinski definition) is 0. The highest BCUT2D eigenvalue weighted by molar-refractivity contribution is 5.73. The Balaban J connectivity index is 2.25. The fourth-order valence-electron chi connectivity index (χ4n) is 2.49. The van der Waals surface area contributed by atoms with Gasteiger partial charge in [0, 0.05) is 13.0 Å². The lowest BCUT2D eigenvalue weighted by Crippen LogP contribution is -2.07. The van der Waals surface area contributed by atoms with Crippen molar-refractivity contribution in [1.29, 1.82) is 0 Å². The fraction of sp³-hybridized carbons (Fsp3) is 0.727. The lowest BCUT2D eigenvalue weighted by atomic mass is 9.95. The molecule has 4 heteroatoms. The molecule has 1 aromatic heterocycles. The smallest absolute Gasteiger partial charge is 0.172 e. The third kappa shape index (κ3) is 2.08. The molecule has 0 spiro atoms. The van der Waals surface area contributed by atoms with Gasteiger partial charge < -0.3 is 0 Å². The molecule has 2 rings (SSSR count). The molecule has 0 N–H and O–H groups in total. The zero-order chi connectivity index (χ0) is 10.7. The maximum atomic E-state index is 10.9. The molecule has 1 aliphatic carbocycles. The van der Waals surface area contributed by atoms with Crippen LogP contribution in [0.15, 0.2) is 0 Å². The Morgan fingerprint density at radius 2 is 1.93 bits per heavy atom. The number of nitrogens with zero attached hydrogens (tertiary/aromatic N) is 3. The normalized spacial score (nSPS) is 18.7. The molecule has 15 heavy (non-hydrogen) atoms. The van der Waals surface area contributed by atoms with Gasteiger partial charge in [-0.1, -0.05) is 30.9 Å². The van der Waals surface area contributed by atoms with Gasteiger partial charge in [0.25, 0.3) is 0 Å². The van der Waals surface area contributed by atoms with Crippen LogP contribution >= 0.6 is 0 Å². The van der Waals surface area contributed by atoms with Crippen molar-refractivity contribution in [3.63, 3.8) is 0 Å². The van der Waals surface area contributed by atoms with Crippen molar-refractivity contribution in [1.82, 2.24) is 15.0 Å². The van der Waals surface area contributed by atoms with Crippen LogP contribution in [0.2, 0.25) is 0 Å². The predicted octanol–water partition coefficient (Wildman–Crippen LogP) is 2.07. The Hall–Kier alpha value is -1.19. The van der Waals surface area contributed by atoms with E-state index in [4.69, 9.17) is 0 Å². The van der Waals surface area contributed by atoms with Crippen LogP contribution in [0, 0.1) is 0 Å². The van der Waals surface area contributed by atoms with Crippen LogP contribution in [0.1, 0.15) is 60.6 Å². The quantitative estimate of drug-likeness (QED) is 0.551. The summed E-state index contributed by atoms with van der Waals surface area (Å²) < 4.78 is 1.76. The first-order valence-corrected chi connectivity index (χ1v) is 5.67. The van der Waals surface area contributed by atoms with Gasteiger partial charge in [0.05, 0.1) is 5.69 Å². The van der Waals surface area contributed by atoms with E-state index in [1.54, 1.807) is 4.68 Å². The molecule has 1 saturated carbocycles.